The lowest BCUT2D eigenvalue weighted by Crippen LogP contribution is -2.02. The van der Waals surface area contributed by atoms with E-state index in [4.69, 9.17) is 5.73 Å². The summed E-state index contributed by atoms with van der Waals surface area (Å²) in [6, 6.07) is 3.08. The zero-order valence-corrected chi connectivity index (χ0v) is 6.56. The Morgan fingerprint density at radius 3 is 2.80 bits per heavy atom. The fraction of sp³-hybridized carbons (Fsp3) is 0.167. The monoisotopic (exact) mass is 158 g/mol. The van der Waals surface area contributed by atoms with Gasteiger partial charge in [0, 0.05) is 6.07 Å². The lowest BCUT2D eigenvalue weighted by Gasteiger charge is -1.96. The first-order valence-corrected chi connectivity index (χ1v) is 4.33. The van der Waals surface area contributed by atoms with Gasteiger partial charge in [0.1, 0.15) is 5.82 Å². The first-order chi connectivity index (χ1) is 4.72. The van der Waals surface area contributed by atoms with E-state index in [1.807, 2.05) is 6.66 Å². The van der Waals surface area contributed by atoms with Gasteiger partial charge in [-0.15, -0.1) is 0 Å². The Hall–Kier alpha value is -0.690. The molecule has 1 unspecified atom stereocenters. The maximum atomic E-state index is 12.4. The Labute approximate surface area is 60.4 Å². The van der Waals surface area contributed by atoms with Gasteiger partial charge in [-0.2, -0.15) is 4.39 Å². The summed E-state index contributed by atoms with van der Waals surface area (Å²) in [4.78, 5) is 3.40. The van der Waals surface area contributed by atoms with Crippen LogP contribution >= 0.6 is 8.58 Å². The number of nitrogen functional groups attached to an aromatic ring is 1. The Kier molecular flexibility index (Phi) is 2.17. The van der Waals surface area contributed by atoms with Crippen molar-refractivity contribution in [2.75, 3.05) is 12.4 Å². The van der Waals surface area contributed by atoms with Gasteiger partial charge in [-0.3, -0.25) is 0 Å². The smallest absolute Gasteiger partial charge is 0.215 e. The van der Waals surface area contributed by atoms with Crippen LogP contribution < -0.4 is 11.0 Å². The molecule has 1 aromatic heterocycles. The molecule has 0 bridgehead atoms. The lowest BCUT2D eigenvalue weighted by atomic mass is 10.5. The SMILES string of the molecule is CPc1cc(N)nc(F)c1. The molecule has 0 aromatic carbocycles. The van der Waals surface area contributed by atoms with E-state index in [0.717, 1.165) is 5.30 Å². The molecule has 1 rings (SSSR count). The second kappa shape index (κ2) is 2.93. The Balaban J connectivity index is 3.06. The van der Waals surface area contributed by atoms with E-state index in [9.17, 15) is 4.39 Å². The maximum Gasteiger partial charge on any atom is 0.215 e. The normalized spacial score (nSPS) is 11.0. The van der Waals surface area contributed by atoms with E-state index in [1.165, 1.54) is 6.07 Å². The van der Waals surface area contributed by atoms with Crippen LogP contribution in [0.2, 0.25) is 0 Å². The second-order valence-electron chi connectivity index (χ2n) is 1.85. The number of hydrogen-bond acceptors (Lipinski definition) is 2. The van der Waals surface area contributed by atoms with Crippen molar-refractivity contribution in [3.05, 3.63) is 18.1 Å². The molecular weight excluding hydrogens is 150 g/mol. The number of rotatable bonds is 1. The number of nitrogens with two attached hydrogens (primary N) is 1. The molecule has 0 aliphatic carbocycles. The fourth-order valence-electron chi connectivity index (χ4n) is 0.662. The summed E-state index contributed by atoms with van der Waals surface area (Å²) in [5.41, 5.74) is 5.29. The predicted octanol–water partition coefficient (Wildman–Crippen LogP) is 0.737. The van der Waals surface area contributed by atoms with Crippen molar-refractivity contribution in [1.29, 1.82) is 0 Å². The second-order valence-corrected chi connectivity index (χ2v) is 2.93. The van der Waals surface area contributed by atoms with E-state index in [2.05, 4.69) is 4.98 Å². The fourth-order valence-corrected chi connectivity index (χ4v) is 1.22. The summed E-state index contributed by atoms with van der Waals surface area (Å²) in [6.07, 6.45) is 0. The van der Waals surface area contributed by atoms with Crippen molar-refractivity contribution < 1.29 is 4.39 Å². The molecule has 0 aliphatic rings. The van der Waals surface area contributed by atoms with Gasteiger partial charge in [-0.25, -0.2) is 4.98 Å². The highest BCUT2D eigenvalue weighted by atomic mass is 31.1. The number of anilines is 1. The predicted molar refractivity (Wildman–Crippen MR) is 42.5 cm³/mol. The molecule has 1 heterocycles. The van der Waals surface area contributed by atoms with Crippen molar-refractivity contribution in [3.63, 3.8) is 0 Å². The zero-order chi connectivity index (χ0) is 7.56. The summed E-state index contributed by atoms with van der Waals surface area (Å²) >= 11 is 0. The quantitative estimate of drug-likeness (QED) is 0.483. The lowest BCUT2D eigenvalue weighted by molar-refractivity contribution is 0.587. The van der Waals surface area contributed by atoms with Gasteiger partial charge in [-0.05, 0) is 18.0 Å². The topological polar surface area (TPSA) is 38.9 Å². The number of halogens is 1. The average molecular weight is 158 g/mol. The number of aromatic nitrogens is 1. The molecule has 1 aromatic rings. The molecule has 4 heteroatoms. The molecule has 0 fully saturated rings. The molecule has 54 valence electrons. The van der Waals surface area contributed by atoms with Gasteiger partial charge in [0.2, 0.25) is 5.95 Å². The van der Waals surface area contributed by atoms with Crippen LogP contribution in [0, 0.1) is 5.95 Å². The minimum Gasteiger partial charge on any atom is -0.384 e. The number of pyridine rings is 1. The van der Waals surface area contributed by atoms with Crippen LogP contribution in [-0.4, -0.2) is 11.6 Å². The van der Waals surface area contributed by atoms with Crippen LogP contribution in [0.4, 0.5) is 10.2 Å². The van der Waals surface area contributed by atoms with Crippen molar-refractivity contribution >= 4 is 19.7 Å². The molecule has 2 nitrogen and oxygen atoms in total. The Morgan fingerprint density at radius 2 is 2.30 bits per heavy atom. The van der Waals surface area contributed by atoms with E-state index >= 15 is 0 Å². The summed E-state index contributed by atoms with van der Waals surface area (Å²) in [7, 11) is 0.563. The van der Waals surface area contributed by atoms with E-state index < -0.39 is 5.95 Å². The van der Waals surface area contributed by atoms with E-state index in [1.54, 1.807) is 6.07 Å². The van der Waals surface area contributed by atoms with Crippen molar-refractivity contribution in [2.24, 2.45) is 0 Å². The van der Waals surface area contributed by atoms with Crippen molar-refractivity contribution in [3.8, 4) is 0 Å². The van der Waals surface area contributed by atoms with Crippen LogP contribution in [-0.2, 0) is 0 Å². The maximum absolute atomic E-state index is 12.4. The molecule has 2 N–H and O–H groups in total. The molecule has 0 radical (unpaired) electrons. The third-order valence-corrected chi connectivity index (χ3v) is 1.97. The van der Waals surface area contributed by atoms with Crippen LogP contribution in [0.1, 0.15) is 0 Å². The van der Waals surface area contributed by atoms with Gasteiger partial charge < -0.3 is 5.73 Å². The van der Waals surface area contributed by atoms with Gasteiger partial charge in [0.05, 0.1) is 0 Å². The van der Waals surface area contributed by atoms with E-state index in [-0.39, 0.29) is 5.82 Å². The molecule has 1 atom stereocenters. The molecule has 0 amide bonds. The Morgan fingerprint density at radius 1 is 1.60 bits per heavy atom. The van der Waals surface area contributed by atoms with Crippen LogP contribution in [0.25, 0.3) is 0 Å². The highest BCUT2D eigenvalue weighted by Gasteiger charge is 1.96. The van der Waals surface area contributed by atoms with Crippen LogP contribution in [0.5, 0.6) is 0 Å². The first kappa shape index (κ1) is 7.42. The highest BCUT2D eigenvalue weighted by molar-refractivity contribution is 7.46. The molecule has 10 heavy (non-hydrogen) atoms. The third kappa shape index (κ3) is 1.64. The van der Waals surface area contributed by atoms with Gasteiger partial charge in [-0.1, -0.05) is 8.58 Å². The molecule has 0 spiro atoms. The summed E-state index contributed by atoms with van der Waals surface area (Å²) in [6.45, 7) is 1.97. The van der Waals surface area contributed by atoms with Crippen molar-refractivity contribution in [2.45, 2.75) is 0 Å². The summed E-state index contributed by atoms with van der Waals surface area (Å²) < 4.78 is 12.4. The van der Waals surface area contributed by atoms with Crippen molar-refractivity contribution in [1.82, 2.24) is 4.98 Å². The standard InChI is InChI=1S/C6H8FN2P/c1-10-4-2-5(7)9-6(8)3-4/h2-3,10H,1H3,(H2,8,9). The average Bonchev–Trinajstić information content (AvgIpc) is 1.85. The van der Waals surface area contributed by atoms with E-state index in [0.29, 0.717) is 8.58 Å². The summed E-state index contributed by atoms with van der Waals surface area (Å²) in [5.74, 6) is -0.242. The van der Waals surface area contributed by atoms with Crippen LogP contribution in [0.15, 0.2) is 12.1 Å². The molecule has 0 saturated carbocycles. The minimum atomic E-state index is -0.496. The summed E-state index contributed by atoms with van der Waals surface area (Å²) in [5, 5.41) is 0.907. The third-order valence-electron chi connectivity index (χ3n) is 1.10. The van der Waals surface area contributed by atoms with Gasteiger partial charge in [0.15, 0.2) is 0 Å². The zero-order valence-electron chi connectivity index (χ0n) is 5.56. The number of hydrogen-bond donors (Lipinski definition) is 1. The van der Waals surface area contributed by atoms with Crippen LogP contribution in [0.3, 0.4) is 0 Å². The minimum absolute atomic E-state index is 0.254. The highest BCUT2D eigenvalue weighted by Crippen LogP contribution is 2.06. The Bertz CT molecular complexity index is 219. The first-order valence-electron chi connectivity index (χ1n) is 2.83. The molecule has 0 saturated heterocycles. The number of nitrogens with zero attached hydrogens (tertiary/aromatic N) is 1. The largest absolute Gasteiger partial charge is 0.384 e. The molecule has 0 aliphatic heterocycles. The van der Waals surface area contributed by atoms with Gasteiger partial charge >= 0.3 is 0 Å². The van der Waals surface area contributed by atoms with Gasteiger partial charge in [0.25, 0.3) is 0 Å². The molecular formula is C6H8FN2P.